The molecule has 10 nitrogen and oxygen atoms in total. The number of hydrogen-bond donors (Lipinski definition) is 3. The number of nitrogens with one attached hydrogen (secondary N) is 2. The van der Waals surface area contributed by atoms with E-state index in [4.69, 9.17) is 9.47 Å². The number of aromatic nitrogens is 2. The zero-order chi connectivity index (χ0) is 24.9. The van der Waals surface area contributed by atoms with Crippen LogP contribution in [0.15, 0.2) is 60.9 Å². The fourth-order valence-electron chi connectivity index (χ4n) is 4.22. The topological polar surface area (TPSA) is 132 Å². The summed E-state index contributed by atoms with van der Waals surface area (Å²) >= 11 is 0. The first-order valence-electron chi connectivity index (χ1n) is 11.0. The second-order valence-electron chi connectivity index (χ2n) is 8.16. The summed E-state index contributed by atoms with van der Waals surface area (Å²) in [7, 11) is 2.93. The van der Waals surface area contributed by atoms with Gasteiger partial charge in [0.2, 0.25) is 0 Å². The molecule has 0 bridgehead atoms. The van der Waals surface area contributed by atoms with E-state index in [2.05, 4.69) is 15.7 Å². The molecule has 1 aliphatic rings. The number of carbonyl (C=O) groups is 3. The molecule has 3 N–H and O–H groups in total. The van der Waals surface area contributed by atoms with Crippen LogP contribution < -0.4 is 10.6 Å². The minimum absolute atomic E-state index is 0.0922. The van der Waals surface area contributed by atoms with Gasteiger partial charge >= 0.3 is 12.1 Å². The second kappa shape index (κ2) is 10.4. The van der Waals surface area contributed by atoms with E-state index in [0.29, 0.717) is 5.56 Å². The van der Waals surface area contributed by atoms with Gasteiger partial charge in [-0.25, -0.2) is 9.59 Å². The number of benzene rings is 2. The zero-order valence-electron chi connectivity index (χ0n) is 19.3. The second-order valence-corrected chi connectivity index (χ2v) is 8.16. The maximum Gasteiger partial charge on any atom is 0.407 e. The maximum atomic E-state index is 12.6. The van der Waals surface area contributed by atoms with E-state index in [1.165, 1.54) is 24.2 Å². The summed E-state index contributed by atoms with van der Waals surface area (Å²) in [6, 6.07) is 14.7. The number of alkyl carbamates (subject to hydrolysis) is 1. The molecule has 0 radical (unpaired) electrons. The molecule has 0 fully saturated rings. The number of nitrogens with zero attached hydrogens (tertiary/aromatic N) is 2. The van der Waals surface area contributed by atoms with Crippen molar-refractivity contribution in [1.29, 1.82) is 0 Å². The molecule has 4 rings (SSSR count). The summed E-state index contributed by atoms with van der Waals surface area (Å²) in [5, 5.41) is 18.4. The Hall–Kier alpha value is -4.18. The van der Waals surface area contributed by atoms with Crippen LogP contribution in [0.25, 0.3) is 11.1 Å². The quantitative estimate of drug-likeness (QED) is 0.430. The number of fused-ring (bicyclic) bond motifs is 3. The van der Waals surface area contributed by atoms with Crippen molar-refractivity contribution < 1.29 is 29.0 Å². The van der Waals surface area contributed by atoms with E-state index < -0.39 is 30.1 Å². The molecule has 3 aromatic rings. The number of carboxylic acid groups (broad SMARTS) is 1. The van der Waals surface area contributed by atoms with Gasteiger partial charge in [-0.3, -0.25) is 9.48 Å². The molecule has 35 heavy (non-hydrogen) atoms. The SMILES string of the molecule is COC(CNC(=O)OCC1c2ccccc2-c2ccccc21)C(=O)NC(C(=O)O)c1cnn(C)c1. The molecule has 1 heterocycles. The third kappa shape index (κ3) is 5.17. The van der Waals surface area contributed by atoms with Crippen LogP contribution in [0.1, 0.15) is 28.7 Å². The predicted octanol–water partition coefficient (Wildman–Crippen LogP) is 2.22. The van der Waals surface area contributed by atoms with Crippen LogP contribution in [0.3, 0.4) is 0 Å². The van der Waals surface area contributed by atoms with Gasteiger partial charge in [0, 0.05) is 31.8 Å². The number of aryl methyl sites for hydroxylation is 1. The van der Waals surface area contributed by atoms with Crippen molar-refractivity contribution in [2.45, 2.75) is 18.1 Å². The van der Waals surface area contributed by atoms with Crippen LogP contribution in [-0.4, -0.2) is 59.2 Å². The van der Waals surface area contributed by atoms with Gasteiger partial charge in [0.05, 0.1) is 12.7 Å². The minimum atomic E-state index is -1.30. The highest BCUT2D eigenvalue weighted by Gasteiger charge is 2.30. The fourth-order valence-corrected chi connectivity index (χ4v) is 4.22. The van der Waals surface area contributed by atoms with Crippen LogP contribution in [0.5, 0.6) is 0 Å². The van der Waals surface area contributed by atoms with Crippen molar-refractivity contribution >= 4 is 18.0 Å². The van der Waals surface area contributed by atoms with E-state index in [9.17, 15) is 19.5 Å². The van der Waals surface area contributed by atoms with Crippen molar-refractivity contribution in [3.63, 3.8) is 0 Å². The van der Waals surface area contributed by atoms with Gasteiger partial charge in [0.15, 0.2) is 12.1 Å². The monoisotopic (exact) mass is 478 g/mol. The Morgan fingerprint density at radius 2 is 1.71 bits per heavy atom. The molecule has 0 saturated heterocycles. The lowest BCUT2D eigenvalue weighted by Gasteiger charge is -2.19. The highest BCUT2D eigenvalue weighted by atomic mass is 16.5. The maximum absolute atomic E-state index is 12.6. The lowest BCUT2D eigenvalue weighted by atomic mass is 9.98. The highest BCUT2D eigenvalue weighted by Crippen LogP contribution is 2.44. The van der Waals surface area contributed by atoms with Crippen LogP contribution in [0.2, 0.25) is 0 Å². The van der Waals surface area contributed by atoms with Gasteiger partial charge in [0.1, 0.15) is 6.61 Å². The van der Waals surface area contributed by atoms with Crippen LogP contribution in [0.4, 0.5) is 4.79 Å². The first-order chi connectivity index (χ1) is 16.9. The van der Waals surface area contributed by atoms with Gasteiger partial charge in [-0.1, -0.05) is 48.5 Å². The lowest BCUT2D eigenvalue weighted by molar-refractivity contribution is -0.144. The van der Waals surface area contributed by atoms with Crippen molar-refractivity contribution in [2.75, 3.05) is 20.3 Å². The molecule has 1 aromatic heterocycles. The Morgan fingerprint density at radius 3 is 2.26 bits per heavy atom. The molecule has 0 saturated carbocycles. The Morgan fingerprint density at radius 1 is 1.09 bits per heavy atom. The minimum Gasteiger partial charge on any atom is -0.479 e. The summed E-state index contributed by atoms with van der Waals surface area (Å²) in [5.74, 6) is -2.03. The van der Waals surface area contributed by atoms with Gasteiger partial charge in [-0.15, -0.1) is 0 Å². The number of carboxylic acids is 1. The van der Waals surface area contributed by atoms with Gasteiger partial charge < -0.3 is 25.2 Å². The molecule has 1 aliphatic carbocycles. The molecular weight excluding hydrogens is 452 g/mol. The molecule has 2 amide bonds. The average Bonchev–Trinajstić information content (AvgIpc) is 3.42. The average molecular weight is 479 g/mol. The number of aliphatic carboxylic acids is 1. The summed E-state index contributed by atoms with van der Waals surface area (Å²) in [6.45, 7) is -0.0653. The fraction of sp³-hybridized carbons (Fsp3) is 0.280. The van der Waals surface area contributed by atoms with Gasteiger partial charge in [-0.05, 0) is 22.3 Å². The van der Waals surface area contributed by atoms with Crippen LogP contribution >= 0.6 is 0 Å². The first kappa shape index (κ1) is 24.0. The summed E-state index contributed by atoms with van der Waals surface area (Å²) < 4.78 is 12.1. The van der Waals surface area contributed by atoms with E-state index in [1.54, 1.807) is 7.05 Å². The molecule has 2 unspecified atom stereocenters. The third-order valence-electron chi connectivity index (χ3n) is 5.94. The zero-order valence-corrected chi connectivity index (χ0v) is 19.3. The normalized spacial score (nSPS) is 13.9. The summed E-state index contributed by atoms with van der Waals surface area (Å²) in [5.41, 5.74) is 4.73. The van der Waals surface area contributed by atoms with Crippen molar-refractivity contribution in [3.8, 4) is 11.1 Å². The number of ether oxygens (including phenoxy) is 2. The standard InChI is InChI=1S/C25H26N4O6/c1-29-13-15(11-27-29)22(24(31)32)28-23(30)21(34-2)12-26-25(33)35-14-20-18-9-5-3-7-16(18)17-8-4-6-10-19(17)20/h3-11,13,20-22H,12,14H2,1-2H3,(H,26,33)(H,28,30)(H,31,32). The number of amides is 2. The molecule has 0 spiro atoms. The van der Waals surface area contributed by atoms with E-state index in [0.717, 1.165) is 22.3 Å². The van der Waals surface area contributed by atoms with Gasteiger partial charge in [0.25, 0.3) is 5.91 Å². The first-order valence-corrected chi connectivity index (χ1v) is 11.0. The van der Waals surface area contributed by atoms with Crippen molar-refractivity contribution in [2.24, 2.45) is 7.05 Å². The Bertz CT molecular complexity index is 1190. The van der Waals surface area contributed by atoms with E-state index >= 15 is 0 Å². The molecular formula is C25H26N4O6. The van der Waals surface area contributed by atoms with Crippen molar-refractivity contribution in [1.82, 2.24) is 20.4 Å². The predicted molar refractivity (Wildman–Crippen MR) is 126 cm³/mol. The van der Waals surface area contributed by atoms with E-state index in [-0.39, 0.29) is 19.1 Å². The largest absolute Gasteiger partial charge is 0.479 e. The van der Waals surface area contributed by atoms with Gasteiger partial charge in [-0.2, -0.15) is 5.10 Å². The number of rotatable bonds is 9. The molecule has 2 aromatic carbocycles. The Kier molecular flexibility index (Phi) is 7.11. The summed E-state index contributed by atoms with van der Waals surface area (Å²) in [4.78, 5) is 36.6. The molecule has 10 heteroatoms. The lowest BCUT2D eigenvalue weighted by Crippen LogP contribution is -2.46. The third-order valence-corrected chi connectivity index (χ3v) is 5.94. The summed E-state index contributed by atoms with van der Waals surface area (Å²) in [6.07, 6.45) is 1.03. The Balaban J connectivity index is 1.33. The highest BCUT2D eigenvalue weighted by molar-refractivity contribution is 5.87. The Labute approximate surface area is 201 Å². The number of methoxy groups -OCH3 is 1. The van der Waals surface area contributed by atoms with E-state index in [1.807, 2.05) is 48.5 Å². The number of carbonyl (C=O) groups excluding carboxylic acids is 2. The molecule has 2 atom stereocenters. The van der Waals surface area contributed by atoms with Crippen molar-refractivity contribution in [3.05, 3.63) is 77.6 Å². The molecule has 182 valence electrons. The van der Waals surface area contributed by atoms with Crippen LogP contribution in [0, 0.1) is 0 Å². The van der Waals surface area contributed by atoms with Crippen LogP contribution in [-0.2, 0) is 26.1 Å². The smallest absolute Gasteiger partial charge is 0.407 e. The number of hydrogen-bond acceptors (Lipinski definition) is 6. The molecule has 0 aliphatic heterocycles.